The molecule has 3 heterocycles. The second kappa shape index (κ2) is 8.20. The summed E-state index contributed by atoms with van der Waals surface area (Å²) in [5.74, 6) is 0.321. The van der Waals surface area contributed by atoms with Crippen molar-refractivity contribution in [1.82, 2.24) is 19.5 Å². The molecule has 0 saturated carbocycles. The number of hydrogen-bond donors (Lipinski definition) is 2. The molecule has 8 heteroatoms. The monoisotopic (exact) mass is 431 g/mol. The summed E-state index contributed by atoms with van der Waals surface area (Å²) >= 11 is 0. The molecular formula is C24H26FN7. The van der Waals surface area contributed by atoms with Crippen molar-refractivity contribution < 1.29 is 4.39 Å². The molecule has 0 bridgehead atoms. The van der Waals surface area contributed by atoms with Gasteiger partial charge in [-0.25, -0.2) is 19.3 Å². The van der Waals surface area contributed by atoms with E-state index in [9.17, 15) is 0 Å². The van der Waals surface area contributed by atoms with Crippen LogP contribution in [0.2, 0.25) is 0 Å². The summed E-state index contributed by atoms with van der Waals surface area (Å²) in [5, 5.41) is 3.13. The van der Waals surface area contributed by atoms with Crippen molar-refractivity contribution in [2.24, 2.45) is 12.8 Å². The number of nitrogens with one attached hydrogen (secondary N) is 1. The molecule has 164 valence electrons. The van der Waals surface area contributed by atoms with Crippen LogP contribution in [0.5, 0.6) is 0 Å². The lowest BCUT2D eigenvalue weighted by Gasteiger charge is -2.30. The van der Waals surface area contributed by atoms with Crippen molar-refractivity contribution in [2.45, 2.75) is 18.9 Å². The third kappa shape index (κ3) is 3.67. The minimum Gasteiger partial charge on any atom is -0.388 e. The summed E-state index contributed by atoms with van der Waals surface area (Å²) in [6.45, 7) is 1.62. The van der Waals surface area contributed by atoms with Crippen LogP contribution in [-0.2, 0) is 7.05 Å². The van der Waals surface area contributed by atoms with Crippen molar-refractivity contribution >= 4 is 22.7 Å². The molecule has 2 aromatic carbocycles. The van der Waals surface area contributed by atoms with Gasteiger partial charge in [-0.05, 0) is 31.0 Å². The number of anilines is 2. The fraction of sp³-hybridized carbons (Fsp3) is 0.292. The van der Waals surface area contributed by atoms with Gasteiger partial charge in [0, 0.05) is 67.9 Å². The molecule has 1 saturated heterocycles. The van der Waals surface area contributed by atoms with E-state index >= 15 is 4.39 Å². The lowest BCUT2D eigenvalue weighted by molar-refractivity contribution is 0.495. The third-order valence-corrected chi connectivity index (χ3v) is 6.15. The smallest absolute Gasteiger partial charge is 0.225 e. The highest BCUT2D eigenvalue weighted by molar-refractivity contribution is 5.87. The largest absolute Gasteiger partial charge is 0.388 e. The van der Waals surface area contributed by atoms with E-state index in [-0.39, 0.29) is 11.9 Å². The summed E-state index contributed by atoms with van der Waals surface area (Å²) < 4.78 is 17.1. The van der Waals surface area contributed by atoms with Gasteiger partial charge in [-0.15, -0.1) is 0 Å². The first kappa shape index (κ1) is 20.4. The summed E-state index contributed by atoms with van der Waals surface area (Å²) in [5.41, 5.74) is 11.2. The van der Waals surface area contributed by atoms with Gasteiger partial charge in [0.15, 0.2) is 0 Å². The molecule has 1 aliphatic heterocycles. The maximum atomic E-state index is 15.2. The van der Waals surface area contributed by atoms with Gasteiger partial charge >= 0.3 is 0 Å². The second-order valence-corrected chi connectivity index (χ2v) is 8.26. The lowest BCUT2D eigenvalue weighted by Crippen LogP contribution is -2.40. The molecule has 0 amide bonds. The highest BCUT2D eigenvalue weighted by Gasteiger charge is 2.22. The van der Waals surface area contributed by atoms with E-state index in [0.29, 0.717) is 22.8 Å². The molecule has 4 aromatic rings. The molecule has 0 radical (unpaired) electrons. The van der Waals surface area contributed by atoms with Gasteiger partial charge in [0.1, 0.15) is 5.82 Å². The van der Waals surface area contributed by atoms with Gasteiger partial charge in [-0.3, -0.25) is 0 Å². The first-order chi connectivity index (χ1) is 15.5. The Bertz CT molecular complexity index is 1260. The van der Waals surface area contributed by atoms with Crippen LogP contribution in [0.25, 0.3) is 33.4 Å². The Morgan fingerprint density at radius 3 is 2.53 bits per heavy atom. The minimum atomic E-state index is -0.325. The Hall–Kier alpha value is -3.52. The Balaban J connectivity index is 1.65. The zero-order chi connectivity index (χ0) is 22.2. The van der Waals surface area contributed by atoms with E-state index in [2.05, 4.69) is 20.2 Å². The first-order valence-electron chi connectivity index (χ1n) is 10.8. The van der Waals surface area contributed by atoms with E-state index in [1.807, 2.05) is 38.4 Å². The van der Waals surface area contributed by atoms with Crippen LogP contribution in [0.15, 0.2) is 48.9 Å². The maximum absolute atomic E-state index is 15.2. The van der Waals surface area contributed by atoms with Crippen molar-refractivity contribution in [1.29, 1.82) is 0 Å². The molecule has 1 fully saturated rings. The zero-order valence-electron chi connectivity index (χ0n) is 18.2. The number of rotatable bonds is 4. The van der Waals surface area contributed by atoms with Crippen LogP contribution in [0.3, 0.4) is 0 Å². The van der Waals surface area contributed by atoms with Crippen LogP contribution in [-0.4, -0.2) is 45.7 Å². The van der Waals surface area contributed by atoms with E-state index in [1.165, 1.54) is 6.07 Å². The Morgan fingerprint density at radius 2 is 1.81 bits per heavy atom. The number of piperidine rings is 1. The highest BCUT2D eigenvalue weighted by atomic mass is 19.1. The lowest BCUT2D eigenvalue weighted by atomic mass is 9.99. The van der Waals surface area contributed by atoms with E-state index in [0.717, 1.165) is 48.2 Å². The fourth-order valence-corrected chi connectivity index (χ4v) is 4.19. The number of halogens is 1. The number of aromatic nitrogens is 4. The standard InChI is InChI=1S/C24H26FN7/c1-27-17-5-3-15(4-6-17)23-19(13-28-24(30-23)32-9-7-16(26)8-10-32)18-11-21-22(12-20(18)25)31(2)14-29-21/h3-6,11-14,16,27H,7-10,26H2,1-2H3. The number of hydrogen-bond acceptors (Lipinski definition) is 6. The molecule has 5 rings (SSSR count). The Labute approximate surface area is 186 Å². The van der Waals surface area contributed by atoms with E-state index in [1.54, 1.807) is 23.2 Å². The van der Waals surface area contributed by atoms with E-state index < -0.39 is 0 Å². The predicted octanol–water partition coefficient (Wildman–Crippen LogP) is 3.81. The zero-order valence-corrected chi connectivity index (χ0v) is 18.2. The van der Waals surface area contributed by atoms with Gasteiger partial charge < -0.3 is 20.5 Å². The van der Waals surface area contributed by atoms with Gasteiger partial charge in [0.25, 0.3) is 0 Å². The van der Waals surface area contributed by atoms with Crippen molar-refractivity contribution in [2.75, 3.05) is 30.4 Å². The number of nitrogens with two attached hydrogens (primary N) is 1. The van der Waals surface area contributed by atoms with Crippen LogP contribution < -0.4 is 16.0 Å². The number of fused-ring (bicyclic) bond motifs is 1. The average molecular weight is 432 g/mol. The summed E-state index contributed by atoms with van der Waals surface area (Å²) in [7, 11) is 3.73. The normalized spacial score (nSPS) is 14.8. The number of imidazole rings is 1. The summed E-state index contributed by atoms with van der Waals surface area (Å²) in [4.78, 5) is 16.1. The van der Waals surface area contributed by atoms with Crippen molar-refractivity contribution in [3.05, 3.63) is 54.7 Å². The fourth-order valence-electron chi connectivity index (χ4n) is 4.19. The second-order valence-electron chi connectivity index (χ2n) is 8.26. The van der Waals surface area contributed by atoms with Crippen LogP contribution in [0, 0.1) is 5.82 Å². The predicted molar refractivity (Wildman–Crippen MR) is 126 cm³/mol. The SMILES string of the molecule is CNc1ccc(-c2nc(N3CCC(N)CC3)ncc2-c2cc3ncn(C)c3cc2F)cc1. The molecule has 1 aliphatic rings. The molecule has 2 aromatic heterocycles. The number of benzene rings is 2. The van der Waals surface area contributed by atoms with Crippen LogP contribution in [0.4, 0.5) is 16.0 Å². The number of nitrogens with zero attached hydrogens (tertiary/aromatic N) is 5. The molecular weight excluding hydrogens is 405 g/mol. The molecule has 0 atom stereocenters. The highest BCUT2D eigenvalue weighted by Crippen LogP contribution is 2.35. The van der Waals surface area contributed by atoms with Crippen molar-refractivity contribution in [3.8, 4) is 22.4 Å². The Morgan fingerprint density at radius 1 is 1.06 bits per heavy atom. The van der Waals surface area contributed by atoms with Gasteiger partial charge in [-0.2, -0.15) is 0 Å². The Kier molecular flexibility index (Phi) is 5.22. The summed E-state index contributed by atoms with van der Waals surface area (Å²) in [6.07, 6.45) is 5.22. The van der Waals surface area contributed by atoms with Crippen LogP contribution >= 0.6 is 0 Å². The maximum Gasteiger partial charge on any atom is 0.225 e. The minimum absolute atomic E-state index is 0.221. The number of aryl methyl sites for hydroxylation is 1. The van der Waals surface area contributed by atoms with Crippen molar-refractivity contribution in [3.63, 3.8) is 0 Å². The molecule has 0 unspecified atom stereocenters. The molecule has 7 nitrogen and oxygen atoms in total. The quantitative estimate of drug-likeness (QED) is 0.511. The van der Waals surface area contributed by atoms with E-state index in [4.69, 9.17) is 10.7 Å². The molecule has 0 aliphatic carbocycles. The molecule has 0 spiro atoms. The van der Waals surface area contributed by atoms with Gasteiger partial charge in [0.05, 0.1) is 23.1 Å². The topological polar surface area (TPSA) is 84.9 Å². The first-order valence-corrected chi connectivity index (χ1v) is 10.8. The molecule has 32 heavy (non-hydrogen) atoms. The van der Waals surface area contributed by atoms with Crippen LogP contribution in [0.1, 0.15) is 12.8 Å². The van der Waals surface area contributed by atoms with Gasteiger partial charge in [-0.1, -0.05) is 12.1 Å². The van der Waals surface area contributed by atoms with Gasteiger partial charge in [0.2, 0.25) is 5.95 Å². The average Bonchev–Trinajstić information content (AvgIpc) is 3.18. The summed E-state index contributed by atoms with van der Waals surface area (Å²) in [6, 6.07) is 11.5. The molecule has 3 N–H and O–H groups in total. The third-order valence-electron chi connectivity index (χ3n) is 6.15.